The van der Waals surface area contributed by atoms with Gasteiger partial charge in [0.2, 0.25) is 5.88 Å². The number of ether oxygens (including phenoxy) is 2. The summed E-state index contributed by atoms with van der Waals surface area (Å²) in [5.74, 6) is -0.00185. The molecule has 0 atom stereocenters. The fraction of sp³-hybridized carbons (Fsp3) is 0.407. The first-order valence-electron chi connectivity index (χ1n) is 13.2. The molecule has 0 radical (unpaired) electrons. The van der Waals surface area contributed by atoms with Gasteiger partial charge < -0.3 is 29.4 Å². The minimum Gasteiger partial charge on any atom is -0.492 e. The number of piperazine rings is 1. The van der Waals surface area contributed by atoms with E-state index in [0.29, 0.717) is 30.2 Å². The van der Waals surface area contributed by atoms with E-state index in [4.69, 9.17) is 13.9 Å². The lowest BCUT2D eigenvalue weighted by molar-refractivity contribution is 0.0322. The second-order valence-electron chi connectivity index (χ2n) is 9.60. The quantitative estimate of drug-likeness (QED) is 0.441. The van der Waals surface area contributed by atoms with Crippen molar-refractivity contribution < 1.29 is 23.5 Å². The Bertz CT molecular complexity index is 1330. The molecule has 3 aliphatic heterocycles. The maximum absolute atomic E-state index is 13.2. The Balaban J connectivity index is 1.09. The van der Waals surface area contributed by atoms with Gasteiger partial charge in [0.1, 0.15) is 12.4 Å². The van der Waals surface area contributed by atoms with Gasteiger partial charge in [-0.3, -0.25) is 24.4 Å². The number of anilines is 3. The van der Waals surface area contributed by atoms with Crippen LogP contribution in [0.3, 0.4) is 0 Å². The number of carbonyl (C=O) groups is 2. The highest BCUT2D eigenvalue weighted by atomic mass is 16.5. The predicted octanol–water partition coefficient (Wildman–Crippen LogP) is 1.60. The number of morpholine rings is 1. The molecular weight excluding hydrogens is 502 g/mol. The van der Waals surface area contributed by atoms with Crippen LogP contribution in [0.5, 0.6) is 5.75 Å². The summed E-state index contributed by atoms with van der Waals surface area (Å²) >= 11 is 0. The maximum Gasteiger partial charge on any atom is 0.311 e. The van der Waals surface area contributed by atoms with Crippen LogP contribution in [0.4, 0.5) is 17.3 Å². The summed E-state index contributed by atoms with van der Waals surface area (Å²) in [5.41, 5.74) is 2.88. The van der Waals surface area contributed by atoms with Crippen molar-refractivity contribution in [2.75, 3.05) is 80.8 Å². The first kappa shape index (κ1) is 25.3. The summed E-state index contributed by atoms with van der Waals surface area (Å²) in [4.78, 5) is 40.4. The summed E-state index contributed by atoms with van der Waals surface area (Å²) in [6.07, 6.45) is 4.72. The van der Waals surface area contributed by atoms with Gasteiger partial charge >= 0.3 is 5.91 Å². The molecule has 3 aromatic rings. The Hall–Kier alpha value is -4.00. The molecule has 2 saturated heterocycles. The zero-order valence-electron chi connectivity index (χ0n) is 21.6. The van der Waals surface area contributed by atoms with Gasteiger partial charge in [-0.2, -0.15) is 0 Å². The van der Waals surface area contributed by atoms with Crippen molar-refractivity contribution in [3.05, 3.63) is 59.9 Å². The fourth-order valence-corrected chi connectivity index (χ4v) is 5.00. The molecule has 2 N–H and O–H groups in total. The van der Waals surface area contributed by atoms with Gasteiger partial charge in [0.25, 0.3) is 11.8 Å². The standard InChI is InChI=1S/C27H31N7O5/c35-25(31-22-16-29-4-3-23(22)33-7-5-28-6-8-33)26-30-17-24(39-26)34-18-19-1-2-20(15-21(19)27(34)36)38-14-11-32-9-12-37-13-10-32/h1-4,15-17,28H,5-14,18H2,(H,31,35). The molecule has 12 heteroatoms. The van der Waals surface area contributed by atoms with Gasteiger partial charge in [-0.25, -0.2) is 4.98 Å². The third-order valence-corrected chi connectivity index (χ3v) is 7.12. The van der Waals surface area contributed by atoms with Gasteiger partial charge in [-0.1, -0.05) is 6.07 Å². The molecule has 5 heterocycles. The van der Waals surface area contributed by atoms with Crippen LogP contribution in [0.2, 0.25) is 0 Å². The van der Waals surface area contributed by atoms with Crippen molar-refractivity contribution in [2.45, 2.75) is 6.54 Å². The third-order valence-electron chi connectivity index (χ3n) is 7.12. The third kappa shape index (κ3) is 5.58. The van der Waals surface area contributed by atoms with E-state index in [1.165, 1.54) is 11.1 Å². The van der Waals surface area contributed by atoms with Crippen molar-refractivity contribution >= 4 is 29.1 Å². The Kier molecular flexibility index (Phi) is 7.39. The van der Waals surface area contributed by atoms with Gasteiger partial charge in [0, 0.05) is 57.6 Å². The molecule has 0 bridgehead atoms. The number of nitrogens with zero attached hydrogens (tertiary/aromatic N) is 5. The van der Waals surface area contributed by atoms with Crippen molar-refractivity contribution in [1.29, 1.82) is 0 Å². The summed E-state index contributed by atoms with van der Waals surface area (Å²) < 4.78 is 17.0. The van der Waals surface area contributed by atoms with Gasteiger partial charge in [0.15, 0.2) is 0 Å². The predicted molar refractivity (Wildman–Crippen MR) is 143 cm³/mol. The van der Waals surface area contributed by atoms with Gasteiger partial charge in [-0.15, -0.1) is 0 Å². The van der Waals surface area contributed by atoms with Gasteiger partial charge in [0.05, 0.1) is 43.5 Å². The molecular formula is C27H31N7O5. The van der Waals surface area contributed by atoms with E-state index < -0.39 is 5.91 Å². The molecule has 1 aromatic carbocycles. The second-order valence-corrected chi connectivity index (χ2v) is 9.60. The monoisotopic (exact) mass is 533 g/mol. The molecule has 2 amide bonds. The van der Waals surface area contributed by atoms with Crippen molar-refractivity contribution in [2.24, 2.45) is 0 Å². The summed E-state index contributed by atoms with van der Waals surface area (Å²) in [5, 5.41) is 6.18. The largest absolute Gasteiger partial charge is 0.492 e. The Morgan fingerprint density at radius 1 is 1.10 bits per heavy atom. The highest BCUT2D eigenvalue weighted by molar-refractivity contribution is 6.10. The average molecular weight is 534 g/mol. The zero-order chi connectivity index (χ0) is 26.6. The van der Waals surface area contributed by atoms with Crippen LogP contribution >= 0.6 is 0 Å². The number of amides is 2. The fourth-order valence-electron chi connectivity index (χ4n) is 5.00. The molecule has 12 nitrogen and oxygen atoms in total. The molecule has 6 rings (SSSR count). The summed E-state index contributed by atoms with van der Waals surface area (Å²) in [6.45, 7) is 8.35. The Morgan fingerprint density at radius 2 is 1.95 bits per heavy atom. The lowest BCUT2D eigenvalue weighted by atomic mass is 10.1. The minimum absolute atomic E-state index is 0.129. The second kappa shape index (κ2) is 11.4. The summed E-state index contributed by atoms with van der Waals surface area (Å²) in [7, 11) is 0. The van der Waals surface area contributed by atoms with Crippen LogP contribution in [0.1, 0.15) is 26.6 Å². The molecule has 0 unspecified atom stereocenters. The lowest BCUT2D eigenvalue weighted by Gasteiger charge is -2.30. The number of hydrogen-bond acceptors (Lipinski definition) is 10. The van der Waals surface area contributed by atoms with Crippen LogP contribution < -0.4 is 25.2 Å². The number of aromatic nitrogens is 2. The number of fused-ring (bicyclic) bond motifs is 1. The first-order chi connectivity index (χ1) is 19.2. The number of hydrogen-bond donors (Lipinski definition) is 2. The highest BCUT2D eigenvalue weighted by Crippen LogP contribution is 2.32. The van der Waals surface area contributed by atoms with Crippen LogP contribution in [0.15, 0.2) is 47.3 Å². The number of pyridine rings is 1. The molecule has 39 heavy (non-hydrogen) atoms. The SMILES string of the molecule is O=C(Nc1cnccc1N1CCNCC1)c1ncc(N2Cc3ccc(OCCN4CCOCC4)cc3C2=O)o1. The van der Waals surface area contributed by atoms with Gasteiger partial charge in [-0.05, 0) is 23.8 Å². The number of nitrogens with one attached hydrogen (secondary N) is 2. The smallest absolute Gasteiger partial charge is 0.311 e. The van der Waals surface area contributed by atoms with Crippen LogP contribution in [-0.4, -0.2) is 92.3 Å². The zero-order valence-corrected chi connectivity index (χ0v) is 21.6. The molecule has 0 aliphatic carbocycles. The minimum atomic E-state index is -0.509. The molecule has 3 aliphatic rings. The first-order valence-corrected chi connectivity index (χ1v) is 13.2. The molecule has 0 saturated carbocycles. The Morgan fingerprint density at radius 3 is 2.79 bits per heavy atom. The molecule has 204 valence electrons. The van der Waals surface area contributed by atoms with Crippen molar-refractivity contribution in [3.8, 4) is 5.75 Å². The van der Waals surface area contributed by atoms with E-state index in [1.54, 1.807) is 18.5 Å². The van der Waals surface area contributed by atoms with Crippen LogP contribution in [0, 0.1) is 0 Å². The lowest BCUT2D eigenvalue weighted by Crippen LogP contribution is -2.43. The number of carbonyl (C=O) groups excluding carboxylic acids is 2. The number of benzene rings is 1. The topological polar surface area (TPSA) is 125 Å². The number of rotatable bonds is 8. The van der Waals surface area contributed by atoms with Crippen LogP contribution in [0.25, 0.3) is 0 Å². The molecule has 2 fully saturated rings. The van der Waals surface area contributed by atoms with E-state index in [-0.39, 0.29) is 17.7 Å². The number of oxazole rings is 1. The highest BCUT2D eigenvalue weighted by Gasteiger charge is 2.32. The Labute approximate surface area is 225 Å². The summed E-state index contributed by atoms with van der Waals surface area (Å²) in [6, 6.07) is 7.41. The van der Waals surface area contributed by atoms with Crippen LogP contribution in [-0.2, 0) is 11.3 Å². The van der Waals surface area contributed by atoms with Crippen molar-refractivity contribution in [1.82, 2.24) is 20.2 Å². The molecule has 2 aromatic heterocycles. The normalized spacial score (nSPS) is 17.8. The van der Waals surface area contributed by atoms with E-state index in [9.17, 15) is 9.59 Å². The van der Waals surface area contributed by atoms with E-state index in [2.05, 4.69) is 30.4 Å². The van der Waals surface area contributed by atoms with E-state index in [0.717, 1.165) is 70.3 Å². The molecule has 0 spiro atoms. The average Bonchev–Trinajstić information content (AvgIpc) is 3.59. The van der Waals surface area contributed by atoms with E-state index in [1.807, 2.05) is 18.2 Å². The van der Waals surface area contributed by atoms with E-state index >= 15 is 0 Å². The van der Waals surface area contributed by atoms with Crippen molar-refractivity contribution in [3.63, 3.8) is 0 Å². The maximum atomic E-state index is 13.2.